The monoisotopic (exact) mass is 305 g/mol. The van der Waals surface area contributed by atoms with Gasteiger partial charge in [0.05, 0.1) is 0 Å². The average Bonchev–Trinajstić information content (AvgIpc) is 2.70. The summed E-state index contributed by atoms with van der Waals surface area (Å²) in [5.41, 5.74) is -1.47. The van der Waals surface area contributed by atoms with Crippen LogP contribution in [0, 0.1) is 5.82 Å². The van der Waals surface area contributed by atoms with Gasteiger partial charge in [-0.1, -0.05) is 24.3 Å². The SMILES string of the molecule is C=CCNC(=O)CN1C(=O)NC(C)(c2ccccc2F)C1=O. The molecule has 7 heteroatoms. The Morgan fingerprint density at radius 1 is 1.45 bits per heavy atom. The molecule has 0 bridgehead atoms. The van der Waals surface area contributed by atoms with Gasteiger partial charge in [-0.15, -0.1) is 6.58 Å². The second kappa shape index (κ2) is 5.97. The first-order valence-corrected chi connectivity index (χ1v) is 6.67. The Labute approximate surface area is 127 Å². The minimum Gasteiger partial charge on any atom is -0.351 e. The van der Waals surface area contributed by atoms with Gasteiger partial charge in [-0.2, -0.15) is 0 Å². The van der Waals surface area contributed by atoms with E-state index in [9.17, 15) is 18.8 Å². The minimum absolute atomic E-state index is 0.0577. The van der Waals surface area contributed by atoms with Crippen molar-refractivity contribution in [3.63, 3.8) is 0 Å². The van der Waals surface area contributed by atoms with Crippen molar-refractivity contribution >= 4 is 17.8 Å². The van der Waals surface area contributed by atoms with E-state index in [-0.39, 0.29) is 12.1 Å². The highest BCUT2D eigenvalue weighted by atomic mass is 19.1. The normalized spacial score (nSPS) is 20.7. The second-order valence-electron chi connectivity index (χ2n) is 5.02. The summed E-state index contributed by atoms with van der Waals surface area (Å²) in [4.78, 5) is 36.9. The molecule has 1 saturated heterocycles. The van der Waals surface area contributed by atoms with Crippen molar-refractivity contribution in [3.8, 4) is 0 Å². The fourth-order valence-corrected chi connectivity index (χ4v) is 2.28. The molecule has 1 unspecified atom stereocenters. The molecule has 0 radical (unpaired) electrons. The summed E-state index contributed by atoms with van der Waals surface area (Å²) in [5.74, 6) is -1.77. The molecule has 22 heavy (non-hydrogen) atoms. The second-order valence-corrected chi connectivity index (χ2v) is 5.02. The molecule has 1 atom stereocenters. The molecule has 2 N–H and O–H groups in total. The summed E-state index contributed by atoms with van der Waals surface area (Å²) in [5, 5.41) is 4.92. The van der Waals surface area contributed by atoms with Crippen LogP contribution in [0.3, 0.4) is 0 Å². The van der Waals surface area contributed by atoms with Crippen LogP contribution in [0.15, 0.2) is 36.9 Å². The first-order valence-electron chi connectivity index (χ1n) is 6.67. The smallest absolute Gasteiger partial charge is 0.325 e. The van der Waals surface area contributed by atoms with Crippen molar-refractivity contribution in [2.24, 2.45) is 0 Å². The van der Waals surface area contributed by atoms with Crippen molar-refractivity contribution in [2.75, 3.05) is 13.1 Å². The molecule has 1 aliphatic rings. The number of carbonyl (C=O) groups is 3. The maximum atomic E-state index is 13.9. The van der Waals surface area contributed by atoms with Gasteiger partial charge in [-0.05, 0) is 13.0 Å². The van der Waals surface area contributed by atoms with Gasteiger partial charge < -0.3 is 10.6 Å². The summed E-state index contributed by atoms with van der Waals surface area (Å²) < 4.78 is 13.9. The lowest BCUT2D eigenvalue weighted by atomic mass is 9.91. The van der Waals surface area contributed by atoms with E-state index < -0.39 is 35.7 Å². The van der Waals surface area contributed by atoms with Crippen LogP contribution in [0.4, 0.5) is 9.18 Å². The standard InChI is InChI=1S/C15H16FN3O3/c1-3-8-17-12(20)9-19-13(21)15(2,18-14(19)22)10-6-4-5-7-11(10)16/h3-7H,1,8-9H2,2H3,(H,17,20)(H,18,22). The molecule has 6 nitrogen and oxygen atoms in total. The summed E-state index contributed by atoms with van der Waals surface area (Å²) in [6.45, 7) is 4.66. The third-order valence-corrected chi connectivity index (χ3v) is 3.43. The highest BCUT2D eigenvalue weighted by Crippen LogP contribution is 2.30. The third-order valence-electron chi connectivity index (χ3n) is 3.43. The molecule has 1 fully saturated rings. The number of hydrogen-bond donors (Lipinski definition) is 2. The number of nitrogens with zero attached hydrogens (tertiary/aromatic N) is 1. The minimum atomic E-state index is -1.53. The Balaban J connectivity index is 2.23. The Morgan fingerprint density at radius 3 is 2.77 bits per heavy atom. The van der Waals surface area contributed by atoms with E-state index in [4.69, 9.17) is 0 Å². The van der Waals surface area contributed by atoms with Gasteiger partial charge in [0.1, 0.15) is 17.9 Å². The van der Waals surface area contributed by atoms with E-state index in [0.717, 1.165) is 4.90 Å². The highest BCUT2D eigenvalue weighted by molar-refractivity contribution is 6.09. The van der Waals surface area contributed by atoms with Gasteiger partial charge in [0.2, 0.25) is 5.91 Å². The topological polar surface area (TPSA) is 78.5 Å². The Bertz CT molecular complexity index is 647. The van der Waals surface area contributed by atoms with Crippen LogP contribution in [0.2, 0.25) is 0 Å². The van der Waals surface area contributed by atoms with Crippen LogP contribution < -0.4 is 10.6 Å². The van der Waals surface area contributed by atoms with E-state index >= 15 is 0 Å². The van der Waals surface area contributed by atoms with Crippen LogP contribution in [0.1, 0.15) is 12.5 Å². The molecule has 1 heterocycles. The molecule has 0 aliphatic carbocycles. The number of hydrogen-bond acceptors (Lipinski definition) is 3. The lowest BCUT2D eigenvalue weighted by Gasteiger charge is -2.22. The molecule has 1 aromatic rings. The number of carbonyl (C=O) groups excluding carboxylic acids is 3. The molecule has 1 aromatic carbocycles. The number of nitrogens with one attached hydrogen (secondary N) is 2. The summed E-state index contributed by atoms with van der Waals surface area (Å²) in [7, 11) is 0. The van der Waals surface area contributed by atoms with E-state index in [2.05, 4.69) is 17.2 Å². The number of imide groups is 1. The summed E-state index contributed by atoms with van der Waals surface area (Å²) in [6.07, 6.45) is 1.48. The average molecular weight is 305 g/mol. The fourth-order valence-electron chi connectivity index (χ4n) is 2.28. The van der Waals surface area contributed by atoms with Gasteiger partial charge in [0.15, 0.2) is 0 Å². The summed E-state index contributed by atoms with van der Waals surface area (Å²) >= 11 is 0. The molecular weight excluding hydrogens is 289 g/mol. The Kier molecular flexibility index (Phi) is 4.25. The van der Waals surface area contributed by atoms with Crippen molar-refractivity contribution < 1.29 is 18.8 Å². The maximum Gasteiger partial charge on any atom is 0.325 e. The zero-order valence-electron chi connectivity index (χ0n) is 12.1. The molecule has 2 rings (SSSR count). The van der Waals surface area contributed by atoms with Crippen LogP contribution in [0.25, 0.3) is 0 Å². The largest absolute Gasteiger partial charge is 0.351 e. The van der Waals surface area contributed by atoms with E-state index in [1.54, 1.807) is 6.07 Å². The molecular formula is C15H16FN3O3. The molecule has 0 aromatic heterocycles. The molecule has 0 spiro atoms. The van der Waals surface area contributed by atoms with Crippen molar-refractivity contribution in [3.05, 3.63) is 48.3 Å². The Hall–Kier alpha value is -2.70. The number of amides is 4. The zero-order valence-corrected chi connectivity index (χ0v) is 12.1. The van der Waals surface area contributed by atoms with E-state index in [1.165, 1.54) is 31.2 Å². The number of rotatable bonds is 5. The lowest BCUT2D eigenvalue weighted by Crippen LogP contribution is -2.43. The molecule has 4 amide bonds. The first-order chi connectivity index (χ1) is 10.4. The van der Waals surface area contributed by atoms with Crippen molar-refractivity contribution in [1.29, 1.82) is 0 Å². The van der Waals surface area contributed by atoms with E-state index in [1.807, 2.05) is 0 Å². The zero-order chi connectivity index (χ0) is 16.3. The maximum absolute atomic E-state index is 13.9. The molecule has 0 saturated carbocycles. The van der Waals surface area contributed by atoms with Gasteiger partial charge >= 0.3 is 6.03 Å². The molecule has 1 aliphatic heterocycles. The molecule has 116 valence electrons. The van der Waals surface area contributed by atoms with E-state index in [0.29, 0.717) is 0 Å². The van der Waals surface area contributed by atoms with Crippen LogP contribution in [-0.4, -0.2) is 35.8 Å². The number of urea groups is 1. The van der Waals surface area contributed by atoms with Crippen LogP contribution >= 0.6 is 0 Å². The fraction of sp³-hybridized carbons (Fsp3) is 0.267. The van der Waals surface area contributed by atoms with Crippen molar-refractivity contribution in [2.45, 2.75) is 12.5 Å². The number of halogens is 1. The quantitative estimate of drug-likeness (QED) is 0.626. The van der Waals surface area contributed by atoms with Gasteiger partial charge in [-0.25, -0.2) is 9.18 Å². The Morgan fingerprint density at radius 2 is 2.14 bits per heavy atom. The van der Waals surface area contributed by atoms with Crippen LogP contribution in [-0.2, 0) is 15.1 Å². The van der Waals surface area contributed by atoms with Gasteiger partial charge in [0, 0.05) is 12.1 Å². The van der Waals surface area contributed by atoms with Crippen LogP contribution in [0.5, 0.6) is 0 Å². The predicted molar refractivity (Wildman–Crippen MR) is 77.2 cm³/mol. The third kappa shape index (κ3) is 2.69. The highest BCUT2D eigenvalue weighted by Gasteiger charge is 2.50. The van der Waals surface area contributed by atoms with Crippen molar-refractivity contribution in [1.82, 2.24) is 15.5 Å². The number of benzene rings is 1. The summed E-state index contributed by atoms with van der Waals surface area (Å²) in [6, 6.07) is 4.96. The van der Waals surface area contributed by atoms with Gasteiger partial charge in [-0.3, -0.25) is 14.5 Å². The lowest BCUT2D eigenvalue weighted by molar-refractivity contribution is -0.134. The predicted octanol–water partition coefficient (Wildman–Crippen LogP) is 0.895. The first kappa shape index (κ1) is 15.7. The van der Waals surface area contributed by atoms with Gasteiger partial charge in [0.25, 0.3) is 5.91 Å².